The quantitative estimate of drug-likeness (QED) is 0.286. The summed E-state index contributed by atoms with van der Waals surface area (Å²) in [6, 6.07) is 11.4. The van der Waals surface area contributed by atoms with Crippen LogP contribution in [0.3, 0.4) is 0 Å². The SMILES string of the molecule is CCOc1ccc([N+](=O)[O-])cc1CNCCCCN1C(=O)c2ccccc2C1=O. The van der Waals surface area contributed by atoms with Crippen LogP contribution >= 0.6 is 0 Å². The number of imide groups is 1. The average Bonchev–Trinajstić information content (AvgIpc) is 2.96. The molecule has 0 saturated carbocycles. The first kappa shape index (κ1) is 20.5. The first-order chi connectivity index (χ1) is 14.0. The van der Waals surface area contributed by atoms with Gasteiger partial charge < -0.3 is 10.1 Å². The van der Waals surface area contributed by atoms with Gasteiger partial charge in [0.25, 0.3) is 17.5 Å². The number of rotatable bonds is 10. The average molecular weight is 397 g/mol. The molecule has 0 atom stereocenters. The van der Waals surface area contributed by atoms with Crippen molar-refractivity contribution in [1.82, 2.24) is 10.2 Å². The van der Waals surface area contributed by atoms with Gasteiger partial charge in [0.05, 0.1) is 22.7 Å². The molecule has 8 nitrogen and oxygen atoms in total. The van der Waals surface area contributed by atoms with Crippen molar-refractivity contribution in [2.75, 3.05) is 19.7 Å². The van der Waals surface area contributed by atoms with Crippen LogP contribution in [0.1, 0.15) is 46.0 Å². The molecule has 0 radical (unpaired) electrons. The molecule has 0 fully saturated rings. The number of carbonyl (C=O) groups is 2. The van der Waals surface area contributed by atoms with E-state index in [1.54, 1.807) is 30.3 Å². The van der Waals surface area contributed by atoms with Crippen molar-refractivity contribution >= 4 is 17.5 Å². The highest BCUT2D eigenvalue weighted by Crippen LogP contribution is 2.24. The van der Waals surface area contributed by atoms with Gasteiger partial charge in [0.2, 0.25) is 0 Å². The van der Waals surface area contributed by atoms with E-state index in [1.807, 2.05) is 6.92 Å². The summed E-state index contributed by atoms with van der Waals surface area (Å²) in [7, 11) is 0. The number of nitro benzene ring substituents is 1. The molecule has 2 aromatic rings. The zero-order chi connectivity index (χ0) is 20.8. The fourth-order valence-corrected chi connectivity index (χ4v) is 3.30. The summed E-state index contributed by atoms with van der Waals surface area (Å²) in [5.74, 6) is 0.143. The summed E-state index contributed by atoms with van der Waals surface area (Å²) in [6.45, 7) is 3.79. The lowest BCUT2D eigenvalue weighted by Crippen LogP contribution is -2.31. The molecule has 2 aromatic carbocycles. The summed E-state index contributed by atoms with van der Waals surface area (Å²) in [5.41, 5.74) is 1.67. The van der Waals surface area contributed by atoms with Gasteiger partial charge in [-0.25, -0.2) is 0 Å². The molecule has 1 aliphatic rings. The van der Waals surface area contributed by atoms with Crippen LogP contribution in [0.5, 0.6) is 5.75 Å². The molecule has 29 heavy (non-hydrogen) atoms. The normalized spacial score (nSPS) is 12.9. The molecule has 0 aliphatic carbocycles. The van der Waals surface area contributed by atoms with Gasteiger partial charge in [0, 0.05) is 30.8 Å². The van der Waals surface area contributed by atoms with Crippen LogP contribution in [0.25, 0.3) is 0 Å². The van der Waals surface area contributed by atoms with Crippen molar-refractivity contribution in [3.05, 3.63) is 69.3 Å². The molecule has 8 heteroatoms. The van der Waals surface area contributed by atoms with E-state index in [-0.39, 0.29) is 17.5 Å². The zero-order valence-electron chi connectivity index (χ0n) is 16.2. The minimum Gasteiger partial charge on any atom is -0.494 e. The van der Waals surface area contributed by atoms with E-state index in [0.717, 1.165) is 12.0 Å². The molecule has 0 saturated heterocycles. The lowest BCUT2D eigenvalue weighted by atomic mass is 10.1. The van der Waals surface area contributed by atoms with Crippen molar-refractivity contribution < 1.29 is 19.2 Å². The number of fused-ring (bicyclic) bond motifs is 1. The van der Waals surface area contributed by atoms with Gasteiger partial charge >= 0.3 is 0 Å². The van der Waals surface area contributed by atoms with Gasteiger partial charge in [-0.05, 0) is 44.5 Å². The number of benzene rings is 2. The number of carbonyl (C=O) groups excluding carboxylic acids is 2. The number of ether oxygens (including phenoxy) is 1. The Balaban J connectivity index is 1.46. The molecule has 1 N–H and O–H groups in total. The number of nitrogens with zero attached hydrogens (tertiary/aromatic N) is 2. The molecule has 0 unspecified atom stereocenters. The highest BCUT2D eigenvalue weighted by atomic mass is 16.6. The lowest BCUT2D eigenvalue weighted by Gasteiger charge is -2.14. The van der Waals surface area contributed by atoms with Crippen LogP contribution in [-0.4, -0.2) is 41.3 Å². The summed E-state index contributed by atoms with van der Waals surface area (Å²) >= 11 is 0. The lowest BCUT2D eigenvalue weighted by molar-refractivity contribution is -0.384. The molecule has 2 amide bonds. The third-order valence-electron chi connectivity index (χ3n) is 4.73. The maximum atomic E-state index is 12.3. The first-order valence-corrected chi connectivity index (χ1v) is 9.59. The van der Waals surface area contributed by atoms with E-state index in [1.165, 1.54) is 17.0 Å². The molecule has 152 valence electrons. The summed E-state index contributed by atoms with van der Waals surface area (Å²) in [4.78, 5) is 36.5. The molecule has 0 aromatic heterocycles. The molecule has 3 rings (SSSR count). The highest BCUT2D eigenvalue weighted by molar-refractivity contribution is 6.21. The molecule has 1 heterocycles. The number of hydrogen-bond acceptors (Lipinski definition) is 6. The molecular formula is C21H23N3O5. The van der Waals surface area contributed by atoms with Crippen LogP contribution < -0.4 is 10.1 Å². The zero-order valence-corrected chi connectivity index (χ0v) is 16.2. The Labute approximate surface area is 168 Å². The standard InChI is InChI=1S/C21H23N3O5/c1-2-29-19-10-9-16(24(27)28)13-15(19)14-22-11-5-6-12-23-20(25)17-7-3-4-8-18(17)21(23)26/h3-4,7-10,13,22H,2,5-6,11-12,14H2,1H3. The molecular weight excluding hydrogens is 374 g/mol. The Kier molecular flexibility index (Phi) is 6.56. The van der Waals surface area contributed by atoms with Gasteiger partial charge in [0.1, 0.15) is 5.75 Å². The minimum absolute atomic E-state index is 0.0240. The fraction of sp³-hybridized carbons (Fsp3) is 0.333. The Morgan fingerprint density at radius 3 is 2.38 bits per heavy atom. The maximum absolute atomic E-state index is 12.3. The number of nitrogens with one attached hydrogen (secondary N) is 1. The molecule has 0 spiro atoms. The number of unbranched alkanes of at least 4 members (excludes halogenated alkanes) is 1. The topological polar surface area (TPSA) is 102 Å². The van der Waals surface area contributed by atoms with E-state index >= 15 is 0 Å². The van der Waals surface area contributed by atoms with Crippen molar-refractivity contribution in [2.24, 2.45) is 0 Å². The minimum atomic E-state index is -0.429. The monoisotopic (exact) mass is 397 g/mol. The first-order valence-electron chi connectivity index (χ1n) is 9.59. The van der Waals surface area contributed by atoms with Crippen molar-refractivity contribution in [1.29, 1.82) is 0 Å². The van der Waals surface area contributed by atoms with Crippen LogP contribution in [0.2, 0.25) is 0 Å². The smallest absolute Gasteiger partial charge is 0.270 e. The third-order valence-corrected chi connectivity index (χ3v) is 4.73. The van der Waals surface area contributed by atoms with Crippen molar-refractivity contribution in [3.8, 4) is 5.75 Å². The van der Waals surface area contributed by atoms with Gasteiger partial charge in [-0.3, -0.25) is 24.6 Å². The second-order valence-electron chi connectivity index (χ2n) is 6.67. The Hall–Kier alpha value is -3.26. The highest BCUT2D eigenvalue weighted by Gasteiger charge is 2.34. The van der Waals surface area contributed by atoms with E-state index in [4.69, 9.17) is 4.74 Å². The molecule has 0 bridgehead atoms. The number of nitro groups is 1. The van der Waals surface area contributed by atoms with Crippen LogP contribution in [0.15, 0.2) is 42.5 Å². The summed E-state index contributed by atoms with van der Waals surface area (Å²) in [6.07, 6.45) is 1.43. The van der Waals surface area contributed by atoms with E-state index < -0.39 is 4.92 Å². The van der Waals surface area contributed by atoms with Crippen LogP contribution in [0.4, 0.5) is 5.69 Å². The second kappa shape index (κ2) is 9.29. The Morgan fingerprint density at radius 2 is 1.76 bits per heavy atom. The van der Waals surface area contributed by atoms with E-state index in [9.17, 15) is 19.7 Å². The van der Waals surface area contributed by atoms with Crippen LogP contribution in [-0.2, 0) is 6.54 Å². The molecule has 1 aliphatic heterocycles. The maximum Gasteiger partial charge on any atom is 0.270 e. The third kappa shape index (κ3) is 4.60. The predicted octanol–water partition coefficient (Wildman–Crippen LogP) is 3.16. The largest absolute Gasteiger partial charge is 0.494 e. The fourth-order valence-electron chi connectivity index (χ4n) is 3.30. The Morgan fingerprint density at radius 1 is 1.07 bits per heavy atom. The van der Waals surface area contributed by atoms with Crippen LogP contribution in [0, 0.1) is 10.1 Å². The number of non-ortho nitro benzene ring substituents is 1. The van der Waals surface area contributed by atoms with Gasteiger partial charge in [-0.2, -0.15) is 0 Å². The van der Waals surface area contributed by atoms with Gasteiger partial charge in [-0.15, -0.1) is 0 Å². The second-order valence-corrected chi connectivity index (χ2v) is 6.67. The number of amides is 2. The summed E-state index contributed by atoms with van der Waals surface area (Å²) in [5, 5.41) is 14.2. The predicted molar refractivity (Wildman–Crippen MR) is 107 cm³/mol. The summed E-state index contributed by atoms with van der Waals surface area (Å²) < 4.78 is 5.53. The van der Waals surface area contributed by atoms with Gasteiger partial charge in [0.15, 0.2) is 0 Å². The van der Waals surface area contributed by atoms with E-state index in [2.05, 4.69) is 5.32 Å². The van der Waals surface area contributed by atoms with E-state index in [0.29, 0.717) is 49.5 Å². The van der Waals surface area contributed by atoms with Crippen molar-refractivity contribution in [2.45, 2.75) is 26.3 Å². The Bertz CT molecular complexity index is 893. The van der Waals surface area contributed by atoms with Gasteiger partial charge in [-0.1, -0.05) is 12.1 Å². The van der Waals surface area contributed by atoms with Crippen molar-refractivity contribution in [3.63, 3.8) is 0 Å². The number of hydrogen-bond donors (Lipinski definition) is 1.